The molecule has 3 rings (SSSR count). The smallest absolute Gasteiger partial charge is 0.119 e. The lowest BCUT2D eigenvalue weighted by Gasteiger charge is -2.27. The molecule has 170 valence electrons. The molecule has 0 aromatic heterocycles. The van der Waals surface area contributed by atoms with Gasteiger partial charge in [-0.2, -0.15) is 0 Å². The summed E-state index contributed by atoms with van der Waals surface area (Å²) in [4.78, 5) is 0. The summed E-state index contributed by atoms with van der Waals surface area (Å²) in [6, 6.07) is 8.25. The van der Waals surface area contributed by atoms with Crippen molar-refractivity contribution in [3.8, 4) is 11.5 Å². The fourth-order valence-corrected chi connectivity index (χ4v) is 5.61. The van der Waals surface area contributed by atoms with Crippen molar-refractivity contribution in [3.63, 3.8) is 0 Å². The van der Waals surface area contributed by atoms with Gasteiger partial charge in [0.15, 0.2) is 0 Å². The molecular weight excluding hydrogens is 368 g/mol. The van der Waals surface area contributed by atoms with Gasteiger partial charge in [0, 0.05) is 0 Å². The Morgan fingerprint density at radius 2 is 0.900 bits per heavy atom. The minimum Gasteiger partial charge on any atom is -0.494 e. The first kappa shape index (κ1) is 23.5. The lowest BCUT2D eigenvalue weighted by Crippen LogP contribution is -2.14. The van der Waals surface area contributed by atoms with Crippen LogP contribution >= 0.6 is 0 Å². The summed E-state index contributed by atoms with van der Waals surface area (Å²) in [5, 5.41) is 0. The maximum absolute atomic E-state index is 5.96. The molecule has 2 aliphatic carbocycles. The maximum atomic E-state index is 5.96. The van der Waals surface area contributed by atoms with Crippen molar-refractivity contribution in [1.82, 2.24) is 0 Å². The van der Waals surface area contributed by atoms with Crippen LogP contribution in [0.1, 0.15) is 104 Å². The number of hydrogen-bond donors (Lipinski definition) is 0. The standard InChI is InChI=1S/C28H46O2/c1-3-23-9-13-25(14-10-23)7-5-21-29-27-17-19-28(20-18-27)30-22-6-8-26-15-11-24(4-2)12-16-26/h17-20,23-26H,3-16,21-22H2,1-2H3. The summed E-state index contributed by atoms with van der Waals surface area (Å²) >= 11 is 0. The SMILES string of the molecule is CCC1CCC(CCCOc2ccc(OCCCC3CCC(CC)CC3)cc2)CC1. The summed E-state index contributed by atoms with van der Waals surface area (Å²) < 4.78 is 11.9. The summed E-state index contributed by atoms with van der Waals surface area (Å²) in [5.74, 6) is 5.83. The van der Waals surface area contributed by atoms with Crippen molar-refractivity contribution >= 4 is 0 Å². The Balaban J connectivity index is 1.22. The van der Waals surface area contributed by atoms with Crippen molar-refractivity contribution < 1.29 is 9.47 Å². The Kier molecular flexibility index (Phi) is 10.4. The third kappa shape index (κ3) is 8.16. The molecule has 1 aromatic carbocycles. The molecule has 0 spiro atoms. The molecule has 0 unspecified atom stereocenters. The fourth-order valence-electron chi connectivity index (χ4n) is 5.61. The first-order chi connectivity index (χ1) is 14.8. The molecule has 0 radical (unpaired) electrons. The lowest BCUT2D eigenvalue weighted by molar-refractivity contribution is 0.232. The Labute approximate surface area is 186 Å². The lowest BCUT2D eigenvalue weighted by atomic mass is 9.79. The highest BCUT2D eigenvalue weighted by molar-refractivity contribution is 5.31. The van der Waals surface area contributed by atoms with Gasteiger partial charge in [-0.1, -0.05) is 78.1 Å². The quantitative estimate of drug-likeness (QED) is 0.319. The molecule has 0 amide bonds. The fraction of sp³-hybridized carbons (Fsp3) is 0.786. The van der Waals surface area contributed by atoms with Gasteiger partial charge >= 0.3 is 0 Å². The first-order valence-electron chi connectivity index (χ1n) is 13.1. The van der Waals surface area contributed by atoms with E-state index in [4.69, 9.17) is 9.47 Å². The van der Waals surface area contributed by atoms with Crippen molar-refractivity contribution in [3.05, 3.63) is 24.3 Å². The molecule has 0 saturated heterocycles. The Hall–Kier alpha value is -1.18. The summed E-state index contributed by atoms with van der Waals surface area (Å²) in [6.45, 7) is 6.37. The molecule has 1 aromatic rings. The van der Waals surface area contributed by atoms with Crippen LogP contribution in [0.4, 0.5) is 0 Å². The van der Waals surface area contributed by atoms with Crippen LogP contribution in [0.3, 0.4) is 0 Å². The molecule has 0 atom stereocenters. The van der Waals surface area contributed by atoms with Gasteiger partial charge < -0.3 is 9.47 Å². The third-order valence-electron chi connectivity index (χ3n) is 7.96. The Morgan fingerprint density at radius 3 is 1.23 bits per heavy atom. The van der Waals surface area contributed by atoms with Crippen LogP contribution in [0.2, 0.25) is 0 Å². The van der Waals surface area contributed by atoms with Gasteiger partial charge in [0.25, 0.3) is 0 Å². The molecule has 2 heteroatoms. The first-order valence-corrected chi connectivity index (χ1v) is 13.1. The molecule has 2 nitrogen and oxygen atoms in total. The van der Waals surface area contributed by atoms with Crippen LogP contribution in [0.25, 0.3) is 0 Å². The molecule has 2 fully saturated rings. The highest BCUT2D eigenvalue weighted by atomic mass is 16.5. The van der Waals surface area contributed by atoms with Crippen LogP contribution in [-0.2, 0) is 0 Å². The topological polar surface area (TPSA) is 18.5 Å². The minimum atomic E-state index is 0.841. The second-order valence-corrected chi connectivity index (χ2v) is 10.0. The van der Waals surface area contributed by atoms with Crippen LogP contribution in [0.5, 0.6) is 11.5 Å². The van der Waals surface area contributed by atoms with E-state index in [9.17, 15) is 0 Å². The maximum Gasteiger partial charge on any atom is 0.119 e. The van der Waals surface area contributed by atoms with E-state index in [1.54, 1.807) is 0 Å². The second-order valence-electron chi connectivity index (χ2n) is 10.0. The molecule has 30 heavy (non-hydrogen) atoms. The highest BCUT2D eigenvalue weighted by Crippen LogP contribution is 2.34. The van der Waals surface area contributed by atoms with E-state index < -0.39 is 0 Å². The Bertz CT molecular complexity index is 500. The molecule has 2 saturated carbocycles. The predicted molar refractivity (Wildman–Crippen MR) is 127 cm³/mol. The van der Waals surface area contributed by atoms with Crippen molar-refractivity contribution in [1.29, 1.82) is 0 Å². The van der Waals surface area contributed by atoms with Crippen molar-refractivity contribution in [2.24, 2.45) is 23.7 Å². The van der Waals surface area contributed by atoms with Gasteiger partial charge in [0.2, 0.25) is 0 Å². The molecule has 2 aliphatic rings. The Morgan fingerprint density at radius 1 is 0.567 bits per heavy atom. The average molecular weight is 415 g/mol. The van der Waals surface area contributed by atoms with Gasteiger partial charge in [0.05, 0.1) is 13.2 Å². The van der Waals surface area contributed by atoms with E-state index in [1.807, 2.05) is 0 Å². The normalized spacial score (nSPS) is 27.0. The van der Waals surface area contributed by atoms with Gasteiger partial charge in [-0.05, 0) is 73.6 Å². The summed E-state index contributed by atoms with van der Waals surface area (Å²) in [6.07, 6.45) is 19.3. The minimum absolute atomic E-state index is 0.841. The number of benzene rings is 1. The predicted octanol–water partition coefficient (Wildman–Crippen LogP) is 8.44. The van der Waals surface area contributed by atoms with Gasteiger partial charge in [0.1, 0.15) is 11.5 Å². The zero-order valence-electron chi connectivity index (χ0n) is 19.7. The van der Waals surface area contributed by atoms with E-state index in [1.165, 1.54) is 89.9 Å². The van der Waals surface area contributed by atoms with E-state index in [0.29, 0.717) is 0 Å². The monoisotopic (exact) mass is 414 g/mol. The van der Waals surface area contributed by atoms with Crippen molar-refractivity contribution in [2.75, 3.05) is 13.2 Å². The molecular formula is C28H46O2. The number of hydrogen-bond acceptors (Lipinski definition) is 2. The summed E-state index contributed by atoms with van der Waals surface area (Å²) in [5.41, 5.74) is 0. The van der Waals surface area contributed by atoms with Crippen LogP contribution in [0, 0.1) is 23.7 Å². The van der Waals surface area contributed by atoms with Gasteiger partial charge in [-0.25, -0.2) is 0 Å². The van der Waals surface area contributed by atoms with Crippen LogP contribution < -0.4 is 9.47 Å². The highest BCUT2D eigenvalue weighted by Gasteiger charge is 2.20. The molecule has 0 bridgehead atoms. The third-order valence-corrected chi connectivity index (χ3v) is 7.96. The average Bonchev–Trinajstić information content (AvgIpc) is 2.81. The second kappa shape index (κ2) is 13.3. The largest absolute Gasteiger partial charge is 0.494 e. The number of ether oxygens (including phenoxy) is 2. The van der Waals surface area contributed by atoms with Crippen molar-refractivity contribution in [2.45, 2.75) is 104 Å². The van der Waals surface area contributed by atoms with E-state index >= 15 is 0 Å². The van der Waals surface area contributed by atoms with Crippen LogP contribution in [0.15, 0.2) is 24.3 Å². The molecule has 0 heterocycles. The number of rotatable bonds is 12. The van der Waals surface area contributed by atoms with Crippen LogP contribution in [-0.4, -0.2) is 13.2 Å². The van der Waals surface area contributed by atoms with Gasteiger partial charge in [-0.3, -0.25) is 0 Å². The van der Waals surface area contributed by atoms with E-state index in [2.05, 4.69) is 38.1 Å². The molecule has 0 aliphatic heterocycles. The summed E-state index contributed by atoms with van der Waals surface area (Å²) in [7, 11) is 0. The zero-order valence-corrected chi connectivity index (χ0v) is 19.7. The van der Waals surface area contributed by atoms with E-state index in [0.717, 1.165) is 48.4 Å². The zero-order chi connectivity index (χ0) is 21.0. The van der Waals surface area contributed by atoms with E-state index in [-0.39, 0.29) is 0 Å². The van der Waals surface area contributed by atoms with Gasteiger partial charge in [-0.15, -0.1) is 0 Å². The molecule has 0 N–H and O–H groups in total.